The molecule has 1 aliphatic carbocycles. The fourth-order valence-electron chi connectivity index (χ4n) is 4.60. The highest BCUT2D eigenvalue weighted by Crippen LogP contribution is 2.53. The van der Waals surface area contributed by atoms with E-state index in [9.17, 15) is 10.2 Å². The second kappa shape index (κ2) is 6.17. The van der Waals surface area contributed by atoms with Gasteiger partial charge in [-0.2, -0.15) is 0 Å². The van der Waals surface area contributed by atoms with E-state index in [2.05, 4.69) is 24.3 Å². The van der Waals surface area contributed by atoms with Gasteiger partial charge < -0.3 is 10.2 Å². The van der Waals surface area contributed by atoms with E-state index in [-0.39, 0.29) is 11.8 Å². The normalized spacial score (nSPS) is 18.5. The van der Waals surface area contributed by atoms with Gasteiger partial charge in [0.2, 0.25) is 0 Å². The number of hydrogen-bond acceptors (Lipinski definition) is 2. The van der Waals surface area contributed by atoms with Gasteiger partial charge in [0.05, 0.1) is 0 Å². The third-order valence-corrected chi connectivity index (χ3v) is 5.79. The van der Waals surface area contributed by atoms with Crippen LogP contribution < -0.4 is 0 Å². The van der Waals surface area contributed by atoms with Crippen LogP contribution in [0.1, 0.15) is 40.5 Å². The first kappa shape index (κ1) is 16.0. The molecule has 5 rings (SSSR count). The van der Waals surface area contributed by atoms with Crippen LogP contribution in [0.5, 0.6) is 11.5 Å². The summed E-state index contributed by atoms with van der Waals surface area (Å²) in [7, 11) is 0. The number of rotatable bonds is 2. The van der Waals surface area contributed by atoms with E-state index in [1.54, 1.807) is 12.1 Å². The van der Waals surface area contributed by atoms with Gasteiger partial charge in [0.15, 0.2) is 0 Å². The Balaban J connectivity index is 1.86. The largest absolute Gasteiger partial charge is 0.508 e. The molecule has 4 aromatic carbocycles. The molecular weight excluding hydrogens is 332 g/mol. The number of phenols is 2. The van der Waals surface area contributed by atoms with Crippen molar-refractivity contribution in [1.82, 2.24) is 0 Å². The molecule has 132 valence electrons. The Morgan fingerprint density at radius 3 is 1.44 bits per heavy atom. The Labute approximate surface area is 158 Å². The lowest BCUT2D eigenvalue weighted by Crippen LogP contribution is -2.16. The average Bonchev–Trinajstić information content (AvgIpc) is 2.73. The van der Waals surface area contributed by atoms with Crippen LogP contribution in [0.4, 0.5) is 0 Å². The van der Waals surface area contributed by atoms with Crippen molar-refractivity contribution in [2.45, 2.75) is 18.3 Å². The number of aromatic hydroxyl groups is 2. The highest BCUT2D eigenvalue weighted by atomic mass is 16.3. The highest BCUT2D eigenvalue weighted by Gasteiger charge is 2.34. The Bertz CT molecular complexity index is 1030. The van der Waals surface area contributed by atoms with Crippen LogP contribution in [0.15, 0.2) is 84.9 Å². The monoisotopic (exact) mass is 352 g/mol. The minimum Gasteiger partial charge on any atom is -0.508 e. The predicted molar refractivity (Wildman–Crippen MR) is 108 cm³/mol. The van der Waals surface area contributed by atoms with E-state index in [4.69, 9.17) is 0 Å². The summed E-state index contributed by atoms with van der Waals surface area (Å²) >= 11 is 0. The van der Waals surface area contributed by atoms with E-state index in [1.807, 2.05) is 48.5 Å². The van der Waals surface area contributed by atoms with Gasteiger partial charge in [-0.3, -0.25) is 0 Å². The van der Waals surface area contributed by atoms with Crippen molar-refractivity contribution in [3.63, 3.8) is 0 Å². The molecule has 27 heavy (non-hydrogen) atoms. The second-order valence-electron chi connectivity index (χ2n) is 7.26. The van der Waals surface area contributed by atoms with Gasteiger partial charge in [0.25, 0.3) is 0 Å². The van der Waals surface area contributed by atoms with Crippen LogP contribution in [-0.4, -0.2) is 10.2 Å². The summed E-state index contributed by atoms with van der Waals surface area (Å²) in [5.41, 5.74) is 4.24. The van der Waals surface area contributed by atoms with Crippen molar-refractivity contribution >= 4 is 10.8 Å². The Kier molecular flexibility index (Phi) is 3.64. The van der Waals surface area contributed by atoms with Crippen molar-refractivity contribution in [3.8, 4) is 11.5 Å². The van der Waals surface area contributed by atoms with Crippen molar-refractivity contribution in [1.29, 1.82) is 0 Å². The number of benzene rings is 4. The van der Waals surface area contributed by atoms with Gasteiger partial charge in [-0.25, -0.2) is 0 Å². The molecule has 0 radical (unpaired) electrons. The van der Waals surface area contributed by atoms with Gasteiger partial charge in [0.1, 0.15) is 11.5 Å². The fourth-order valence-corrected chi connectivity index (χ4v) is 4.60. The maximum Gasteiger partial charge on any atom is 0.120 e. The van der Waals surface area contributed by atoms with E-state index in [1.165, 1.54) is 11.1 Å². The quantitative estimate of drug-likeness (QED) is 0.470. The first-order valence-electron chi connectivity index (χ1n) is 9.31. The Morgan fingerprint density at radius 2 is 1.00 bits per heavy atom. The van der Waals surface area contributed by atoms with E-state index in [0.717, 1.165) is 28.3 Å². The fraction of sp³-hybridized carbons (Fsp3) is 0.120. The molecular formula is C25H20O2. The van der Waals surface area contributed by atoms with Crippen LogP contribution >= 0.6 is 0 Å². The standard InChI is InChI=1S/C25H20O2/c26-21-13-11-18-12-14-22(27)25-20(17-9-5-2-6-10-17)15-19(24(21)23(18)25)16-7-3-1-4-8-16/h1-14,19-20,26-27H,15H2/t19-,20-/m0/s1. The van der Waals surface area contributed by atoms with Crippen LogP contribution in [-0.2, 0) is 0 Å². The summed E-state index contributed by atoms with van der Waals surface area (Å²) in [6.45, 7) is 0. The molecule has 2 heteroatoms. The minimum atomic E-state index is 0.0782. The van der Waals surface area contributed by atoms with Crippen LogP contribution in [0.3, 0.4) is 0 Å². The van der Waals surface area contributed by atoms with Crippen molar-refractivity contribution in [2.75, 3.05) is 0 Å². The molecule has 0 heterocycles. The molecule has 2 nitrogen and oxygen atoms in total. The molecule has 0 aromatic heterocycles. The number of phenolic OH excluding ortho intramolecular Hbond substituents is 2. The van der Waals surface area contributed by atoms with Gasteiger partial charge in [-0.15, -0.1) is 0 Å². The third-order valence-electron chi connectivity index (χ3n) is 5.79. The molecule has 2 N–H and O–H groups in total. The molecule has 4 aromatic rings. The van der Waals surface area contributed by atoms with E-state index >= 15 is 0 Å². The maximum absolute atomic E-state index is 10.8. The van der Waals surface area contributed by atoms with Crippen LogP contribution in [0.2, 0.25) is 0 Å². The molecule has 1 aliphatic rings. The molecule has 0 bridgehead atoms. The van der Waals surface area contributed by atoms with Crippen LogP contribution in [0.25, 0.3) is 10.8 Å². The highest BCUT2D eigenvalue weighted by molar-refractivity contribution is 5.95. The smallest absolute Gasteiger partial charge is 0.120 e. The topological polar surface area (TPSA) is 40.5 Å². The van der Waals surface area contributed by atoms with Crippen molar-refractivity contribution < 1.29 is 10.2 Å². The Morgan fingerprint density at radius 1 is 0.556 bits per heavy atom. The lowest BCUT2D eigenvalue weighted by Gasteiger charge is -2.33. The van der Waals surface area contributed by atoms with Gasteiger partial charge >= 0.3 is 0 Å². The van der Waals surface area contributed by atoms with E-state index < -0.39 is 0 Å². The summed E-state index contributed by atoms with van der Waals surface area (Å²) in [4.78, 5) is 0. The second-order valence-corrected chi connectivity index (χ2v) is 7.26. The maximum atomic E-state index is 10.8. The lowest BCUT2D eigenvalue weighted by atomic mass is 9.70. The summed E-state index contributed by atoms with van der Waals surface area (Å²) in [5, 5.41) is 23.6. The molecule has 0 saturated carbocycles. The zero-order chi connectivity index (χ0) is 18.4. The SMILES string of the molecule is Oc1ccc2ccc(O)c3c2c1[C@H](c1ccccc1)C[C@H]3c1ccccc1. The van der Waals surface area contributed by atoms with Crippen molar-refractivity contribution in [2.24, 2.45) is 0 Å². The average molecular weight is 352 g/mol. The lowest BCUT2D eigenvalue weighted by molar-refractivity contribution is 0.450. The molecule has 0 saturated heterocycles. The zero-order valence-corrected chi connectivity index (χ0v) is 14.8. The van der Waals surface area contributed by atoms with Gasteiger partial charge in [-0.1, -0.05) is 72.8 Å². The molecule has 0 spiro atoms. The molecule has 0 aliphatic heterocycles. The van der Waals surface area contributed by atoms with Gasteiger partial charge in [0, 0.05) is 23.0 Å². The molecule has 0 amide bonds. The third kappa shape index (κ3) is 2.48. The van der Waals surface area contributed by atoms with Gasteiger partial charge in [-0.05, 0) is 40.5 Å². The Hall–Kier alpha value is -3.26. The van der Waals surface area contributed by atoms with Crippen LogP contribution in [0, 0.1) is 0 Å². The summed E-state index contributed by atoms with van der Waals surface area (Å²) in [5.74, 6) is 0.758. The summed E-state index contributed by atoms with van der Waals surface area (Å²) < 4.78 is 0. The van der Waals surface area contributed by atoms with Crippen molar-refractivity contribution in [3.05, 3.63) is 107 Å². The molecule has 0 fully saturated rings. The first-order valence-corrected chi connectivity index (χ1v) is 9.31. The molecule has 0 unspecified atom stereocenters. The molecule has 2 atom stereocenters. The predicted octanol–water partition coefficient (Wildman–Crippen LogP) is 5.92. The summed E-state index contributed by atoms with van der Waals surface area (Å²) in [6, 6.07) is 28.1. The minimum absolute atomic E-state index is 0.0782. The van der Waals surface area contributed by atoms with E-state index in [0.29, 0.717) is 11.5 Å². The number of hydrogen-bond donors (Lipinski definition) is 2. The first-order chi connectivity index (χ1) is 13.2. The summed E-state index contributed by atoms with van der Waals surface area (Å²) in [6.07, 6.45) is 0.811. The zero-order valence-electron chi connectivity index (χ0n) is 14.8.